The van der Waals surface area contributed by atoms with Crippen molar-refractivity contribution in [3.8, 4) is 0 Å². The number of furan rings is 1. The zero-order chi connectivity index (χ0) is 14.5. The van der Waals surface area contributed by atoms with Crippen molar-refractivity contribution >= 4 is 11.8 Å². The summed E-state index contributed by atoms with van der Waals surface area (Å²) < 4.78 is 5.12. The van der Waals surface area contributed by atoms with Crippen LogP contribution in [0.4, 0.5) is 5.82 Å². The standard InChI is InChI=1S/C13H15N3O4/c1-8(5-10(17)11-3-2-4-20-11)16-12-7-14-9(6-15-12)13(18)19/h2-4,6-8,10,17H,5H2,1H3,(H,15,16)(H,18,19). The second kappa shape index (κ2) is 6.16. The summed E-state index contributed by atoms with van der Waals surface area (Å²) in [5.41, 5.74) is -0.112. The molecule has 106 valence electrons. The summed E-state index contributed by atoms with van der Waals surface area (Å²) in [6.45, 7) is 1.87. The number of carboxylic acid groups (broad SMARTS) is 1. The Morgan fingerprint density at radius 2 is 2.25 bits per heavy atom. The molecule has 0 radical (unpaired) electrons. The van der Waals surface area contributed by atoms with Gasteiger partial charge in [-0.3, -0.25) is 0 Å². The molecule has 2 atom stereocenters. The molecule has 7 heteroatoms. The molecular formula is C13H15N3O4. The van der Waals surface area contributed by atoms with E-state index in [2.05, 4.69) is 15.3 Å². The minimum absolute atomic E-state index is 0.0833. The van der Waals surface area contributed by atoms with E-state index in [1.54, 1.807) is 12.1 Å². The molecule has 2 rings (SSSR count). The summed E-state index contributed by atoms with van der Waals surface area (Å²) >= 11 is 0. The minimum atomic E-state index is -1.12. The highest BCUT2D eigenvalue weighted by Crippen LogP contribution is 2.19. The lowest BCUT2D eigenvalue weighted by molar-refractivity contribution is 0.0690. The lowest BCUT2D eigenvalue weighted by Crippen LogP contribution is -2.19. The van der Waals surface area contributed by atoms with Gasteiger partial charge in [-0.1, -0.05) is 0 Å². The van der Waals surface area contributed by atoms with Crippen LogP contribution in [0.3, 0.4) is 0 Å². The SMILES string of the molecule is CC(CC(O)c1ccco1)Nc1cnc(C(=O)O)cn1. The third kappa shape index (κ3) is 3.55. The maximum atomic E-state index is 10.6. The van der Waals surface area contributed by atoms with E-state index in [1.165, 1.54) is 18.7 Å². The van der Waals surface area contributed by atoms with Crippen molar-refractivity contribution in [1.82, 2.24) is 9.97 Å². The number of carboxylic acids is 1. The first-order valence-electron chi connectivity index (χ1n) is 6.09. The monoisotopic (exact) mass is 277 g/mol. The molecule has 3 N–H and O–H groups in total. The Hall–Kier alpha value is -2.41. The number of aromatic nitrogens is 2. The second-order valence-corrected chi connectivity index (χ2v) is 4.40. The Balaban J connectivity index is 1.91. The van der Waals surface area contributed by atoms with E-state index in [0.717, 1.165) is 0 Å². The maximum absolute atomic E-state index is 10.6. The van der Waals surface area contributed by atoms with E-state index in [-0.39, 0.29) is 11.7 Å². The lowest BCUT2D eigenvalue weighted by Gasteiger charge is -2.16. The molecule has 0 fully saturated rings. The minimum Gasteiger partial charge on any atom is -0.476 e. The quantitative estimate of drug-likeness (QED) is 0.737. The highest BCUT2D eigenvalue weighted by molar-refractivity contribution is 5.84. The number of anilines is 1. The van der Waals surface area contributed by atoms with E-state index < -0.39 is 12.1 Å². The summed E-state index contributed by atoms with van der Waals surface area (Å²) in [6.07, 6.45) is 3.75. The topological polar surface area (TPSA) is 108 Å². The molecule has 0 aliphatic carbocycles. The first kappa shape index (κ1) is 14.0. The van der Waals surface area contributed by atoms with Gasteiger partial charge < -0.3 is 19.9 Å². The zero-order valence-electron chi connectivity index (χ0n) is 10.9. The van der Waals surface area contributed by atoms with Crippen LogP contribution in [0.25, 0.3) is 0 Å². The third-order valence-corrected chi connectivity index (χ3v) is 2.71. The largest absolute Gasteiger partial charge is 0.476 e. The number of nitrogens with zero attached hydrogens (tertiary/aromatic N) is 2. The molecule has 0 spiro atoms. The van der Waals surface area contributed by atoms with Gasteiger partial charge >= 0.3 is 5.97 Å². The molecule has 2 aromatic heterocycles. The van der Waals surface area contributed by atoms with Gasteiger partial charge in [-0.25, -0.2) is 14.8 Å². The molecule has 0 aliphatic rings. The Kier molecular flexibility index (Phi) is 4.31. The Bertz CT molecular complexity index is 554. The van der Waals surface area contributed by atoms with Crippen LogP contribution >= 0.6 is 0 Å². The molecule has 0 bridgehead atoms. The predicted octanol–water partition coefficient (Wildman–Crippen LogP) is 1.69. The average Bonchev–Trinajstić information content (AvgIpc) is 2.93. The number of nitrogens with one attached hydrogen (secondary N) is 1. The van der Waals surface area contributed by atoms with Crippen molar-refractivity contribution in [2.45, 2.75) is 25.5 Å². The number of aliphatic hydroxyl groups is 1. The van der Waals surface area contributed by atoms with Crippen molar-refractivity contribution < 1.29 is 19.4 Å². The highest BCUT2D eigenvalue weighted by atomic mass is 16.4. The fourth-order valence-electron chi connectivity index (χ4n) is 1.76. The molecule has 0 amide bonds. The van der Waals surface area contributed by atoms with Crippen LogP contribution in [0.1, 0.15) is 35.7 Å². The van der Waals surface area contributed by atoms with Gasteiger partial charge in [0.1, 0.15) is 17.7 Å². The fourth-order valence-corrected chi connectivity index (χ4v) is 1.76. The van der Waals surface area contributed by atoms with Crippen molar-refractivity contribution in [1.29, 1.82) is 0 Å². The first-order chi connectivity index (χ1) is 9.56. The summed E-state index contributed by atoms with van der Waals surface area (Å²) in [5, 5.41) is 21.7. The van der Waals surface area contributed by atoms with Gasteiger partial charge in [-0.2, -0.15) is 0 Å². The number of rotatable bonds is 6. The number of aliphatic hydroxyl groups excluding tert-OH is 1. The number of hydrogen-bond acceptors (Lipinski definition) is 6. The zero-order valence-corrected chi connectivity index (χ0v) is 10.9. The molecule has 2 unspecified atom stereocenters. The predicted molar refractivity (Wildman–Crippen MR) is 70.4 cm³/mol. The van der Waals surface area contributed by atoms with E-state index in [0.29, 0.717) is 18.0 Å². The van der Waals surface area contributed by atoms with Gasteiger partial charge in [0.2, 0.25) is 0 Å². The van der Waals surface area contributed by atoms with Crippen LogP contribution in [0.15, 0.2) is 35.2 Å². The molecule has 2 heterocycles. The van der Waals surface area contributed by atoms with Crippen LogP contribution in [0, 0.1) is 0 Å². The van der Waals surface area contributed by atoms with E-state index in [4.69, 9.17) is 9.52 Å². The molecular weight excluding hydrogens is 262 g/mol. The lowest BCUT2D eigenvalue weighted by atomic mass is 10.1. The first-order valence-corrected chi connectivity index (χ1v) is 6.09. The average molecular weight is 277 g/mol. The fraction of sp³-hybridized carbons (Fsp3) is 0.308. The van der Waals surface area contributed by atoms with Gasteiger partial charge in [0.25, 0.3) is 0 Å². The van der Waals surface area contributed by atoms with E-state index in [9.17, 15) is 9.90 Å². The number of carbonyl (C=O) groups is 1. The molecule has 0 aromatic carbocycles. The highest BCUT2D eigenvalue weighted by Gasteiger charge is 2.15. The van der Waals surface area contributed by atoms with Gasteiger partial charge in [-0.15, -0.1) is 0 Å². The summed E-state index contributed by atoms with van der Waals surface area (Å²) in [4.78, 5) is 18.4. The molecule has 0 aliphatic heterocycles. The number of hydrogen-bond donors (Lipinski definition) is 3. The summed E-state index contributed by atoms with van der Waals surface area (Å²) in [5.74, 6) is -0.162. The van der Waals surface area contributed by atoms with Gasteiger partial charge in [0.05, 0.1) is 18.7 Å². The van der Waals surface area contributed by atoms with Crippen molar-refractivity contribution in [2.75, 3.05) is 5.32 Å². The maximum Gasteiger partial charge on any atom is 0.356 e. The van der Waals surface area contributed by atoms with E-state index in [1.807, 2.05) is 6.92 Å². The molecule has 20 heavy (non-hydrogen) atoms. The summed E-state index contributed by atoms with van der Waals surface area (Å²) in [7, 11) is 0. The van der Waals surface area contributed by atoms with Crippen LogP contribution in [-0.4, -0.2) is 32.2 Å². The van der Waals surface area contributed by atoms with Crippen molar-refractivity contribution in [3.05, 3.63) is 42.2 Å². The Labute approximate surface area is 115 Å². The van der Waals surface area contributed by atoms with Gasteiger partial charge in [-0.05, 0) is 19.1 Å². The molecule has 0 saturated carbocycles. The smallest absolute Gasteiger partial charge is 0.356 e. The van der Waals surface area contributed by atoms with Crippen molar-refractivity contribution in [3.63, 3.8) is 0 Å². The van der Waals surface area contributed by atoms with Gasteiger partial charge in [0, 0.05) is 12.5 Å². The van der Waals surface area contributed by atoms with Crippen molar-refractivity contribution in [2.24, 2.45) is 0 Å². The third-order valence-electron chi connectivity index (χ3n) is 2.71. The second-order valence-electron chi connectivity index (χ2n) is 4.40. The number of aromatic carboxylic acids is 1. The normalized spacial score (nSPS) is 13.7. The summed E-state index contributed by atoms with van der Waals surface area (Å²) in [6, 6.07) is 3.34. The molecule has 2 aromatic rings. The Morgan fingerprint density at radius 3 is 2.80 bits per heavy atom. The Morgan fingerprint density at radius 1 is 1.45 bits per heavy atom. The van der Waals surface area contributed by atoms with Gasteiger partial charge in [0.15, 0.2) is 5.69 Å². The van der Waals surface area contributed by atoms with E-state index >= 15 is 0 Å². The van der Waals surface area contributed by atoms with Crippen LogP contribution in [0.5, 0.6) is 0 Å². The van der Waals surface area contributed by atoms with Crippen LogP contribution < -0.4 is 5.32 Å². The van der Waals surface area contributed by atoms with Crippen LogP contribution in [-0.2, 0) is 0 Å². The van der Waals surface area contributed by atoms with Crippen LogP contribution in [0.2, 0.25) is 0 Å². The molecule has 7 nitrogen and oxygen atoms in total. The molecule has 0 saturated heterocycles.